The van der Waals surface area contributed by atoms with Crippen LogP contribution in [-0.4, -0.2) is 4.57 Å². The van der Waals surface area contributed by atoms with Crippen molar-refractivity contribution in [1.82, 2.24) is 4.57 Å². The molecule has 2 aromatic rings. The number of rotatable bonds is 3. The molecule has 0 aliphatic carbocycles. The molecule has 2 nitrogen and oxygen atoms in total. The van der Waals surface area contributed by atoms with E-state index in [9.17, 15) is 0 Å². The fraction of sp³-hybridized carbons (Fsp3) is 0.467. The topological polar surface area (TPSA) is 30.9 Å². The number of hydrogen-bond acceptors (Lipinski definition) is 1. The number of aromatic nitrogens is 1. The van der Waals surface area contributed by atoms with Crippen LogP contribution in [0.25, 0.3) is 10.9 Å². The van der Waals surface area contributed by atoms with Crippen molar-refractivity contribution >= 4 is 10.9 Å². The van der Waals surface area contributed by atoms with E-state index in [1.165, 1.54) is 27.7 Å². The highest BCUT2D eigenvalue weighted by Gasteiger charge is 2.16. The van der Waals surface area contributed by atoms with Crippen LogP contribution in [-0.2, 0) is 20.0 Å². The van der Waals surface area contributed by atoms with Crippen LogP contribution in [0.5, 0.6) is 0 Å². The molecule has 2 rings (SSSR count). The van der Waals surface area contributed by atoms with Crippen molar-refractivity contribution in [3.63, 3.8) is 0 Å². The van der Waals surface area contributed by atoms with Gasteiger partial charge >= 0.3 is 0 Å². The highest BCUT2D eigenvalue weighted by atomic mass is 15.0. The maximum Gasteiger partial charge on any atom is 0.0483 e. The second kappa shape index (κ2) is 4.53. The Labute approximate surface area is 103 Å². The lowest BCUT2D eigenvalue weighted by molar-refractivity contribution is 0.739. The van der Waals surface area contributed by atoms with Crippen LogP contribution in [0.3, 0.4) is 0 Å². The van der Waals surface area contributed by atoms with Gasteiger partial charge in [-0.2, -0.15) is 0 Å². The molecule has 1 heterocycles. The Kier molecular flexibility index (Phi) is 3.25. The normalized spacial score (nSPS) is 11.6. The molecular formula is C15H22N2. The smallest absolute Gasteiger partial charge is 0.0483 e. The van der Waals surface area contributed by atoms with Gasteiger partial charge in [0.15, 0.2) is 0 Å². The lowest BCUT2D eigenvalue weighted by Crippen LogP contribution is -2.05. The van der Waals surface area contributed by atoms with Crippen molar-refractivity contribution in [2.75, 3.05) is 0 Å². The van der Waals surface area contributed by atoms with Gasteiger partial charge in [0.25, 0.3) is 0 Å². The molecule has 0 saturated carbocycles. The summed E-state index contributed by atoms with van der Waals surface area (Å²) in [5.74, 6) is 0.510. The SMILES string of the molecule is CCc1ccc2c(c1)c(CN)c(C(C)C)n2C. The molecule has 92 valence electrons. The Morgan fingerprint density at radius 2 is 2.00 bits per heavy atom. The Bertz CT molecular complexity index is 535. The van der Waals surface area contributed by atoms with Crippen molar-refractivity contribution in [2.24, 2.45) is 12.8 Å². The summed E-state index contributed by atoms with van der Waals surface area (Å²) in [5, 5.41) is 1.33. The first-order valence-corrected chi connectivity index (χ1v) is 6.40. The van der Waals surface area contributed by atoms with Gasteiger partial charge in [-0.25, -0.2) is 0 Å². The van der Waals surface area contributed by atoms with Gasteiger partial charge in [-0.15, -0.1) is 0 Å². The largest absolute Gasteiger partial charge is 0.347 e. The Hall–Kier alpha value is -1.28. The maximum atomic E-state index is 5.95. The first-order valence-electron chi connectivity index (χ1n) is 6.40. The van der Waals surface area contributed by atoms with E-state index in [1.807, 2.05) is 0 Å². The molecule has 1 aromatic carbocycles. The number of nitrogens with two attached hydrogens (primary N) is 1. The molecular weight excluding hydrogens is 208 g/mol. The third-order valence-electron chi connectivity index (χ3n) is 3.58. The predicted octanol–water partition coefficient (Wildman–Crippen LogP) is 3.32. The third-order valence-corrected chi connectivity index (χ3v) is 3.58. The van der Waals surface area contributed by atoms with Gasteiger partial charge in [-0.1, -0.05) is 26.8 Å². The summed E-state index contributed by atoms with van der Waals surface area (Å²) in [7, 11) is 2.14. The van der Waals surface area contributed by atoms with Crippen molar-refractivity contribution in [2.45, 2.75) is 39.7 Å². The summed E-state index contributed by atoms with van der Waals surface area (Å²) in [6, 6.07) is 6.73. The van der Waals surface area contributed by atoms with Crippen molar-refractivity contribution in [3.8, 4) is 0 Å². The zero-order valence-electron chi connectivity index (χ0n) is 11.2. The average Bonchev–Trinajstić information content (AvgIpc) is 2.61. The molecule has 0 amide bonds. The van der Waals surface area contributed by atoms with Gasteiger partial charge in [-0.05, 0) is 35.6 Å². The lowest BCUT2D eigenvalue weighted by Gasteiger charge is -2.10. The van der Waals surface area contributed by atoms with E-state index in [0.717, 1.165) is 6.42 Å². The van der Waals surface area contributed by atoms with E-state index < -0.39 is 0 Å². The van der Waals surface area contributed by atoms with Crippen LogP contribution >= 0.6 is 0 Å². The van der Waals surface area contributed by atoms with Gasteiger partial charge in [0, 0.05) is 30.2 Å². The second-order valence-electron chi connectivity index (χ2n) is 4.99. The molecule has 2 N–H and O–H groups in total. The molecule has 0 radical (unpaired) electrons. The minimum atomic E-state index is 0.510. The Balaban J connectivity index is 2.79. The molecule has 0 fully saturated rings. The summed E-state index contributed by atoms with van der Waals surface area (Å²) < 4.78 is 2.29. The second-order valence-corrected chi connectivity index (χ2v) is 4.99. The molecule has 0 aliphatic heterocycles. The first-order chi connectivity index (χ1) is 8.10. The van der Waals surface area contributed by atoms with E-state index in [1.54, 1.807) is 0 Å². The fourth-order valence-corrected chi connectivity index (χ4v) is 2.76. The Morgan fingerprint density at radius 3 is 2.53 bits per heavy atom. The highest BCUT2D eigenvalue weighted by molar-refractivity contribution is 5.86. The summed E-state index contributed by atoms with van der Waals surface area (Å²) in [6.07, 6.45) is 1.08. The van der Waals surface area contributed by atoms with Crippen LogP contribution in [0.2, 0.25) is 0 Å². The molecule has 17 heavy (non-hydrogen) atoms. The Morgan fingerprint density at radius 1 is 1.29 bits per heavy atom. The lowest BCUT2D eigenvalue weighted by atomic mass is 10.0. The molecule has 0 unspecified atom stereocenters. The summed E-state index contributed by atoms with van der Waals surface area (Å²) in [4.78, 5) is 0. The van der Waals surface area contributed by atoms with Gasteiger partial charge in [-0.3, -0.25) is 0 Å². The molecule has 1 aromatic heterocycles. The highest BCUT2D eigenvalue weighted by Crippen LogP contribution is 2.30. The van der Waals surface area contributed by atoms with Crippen molar-refractivity contribution in [1.29, 1.82) is 0 Å². The van der Waals surface area contributed by atoms with E-state index in [4.69, 9.17) is 5.73 Å². The number of hydrogen-bond donors (Lipinski definition) is 1. The molecule has 0 saturated heterocycles. The van der Waals surface area contributed by atoms with E-state index >= 15 is 0 Å². The first kappa shape index (κ1) is 12.2. The number of fused-ring (bicyclic) bond motifs is 1. The third kappa shape index (κ3) is 1.87. The summed E-state index contributed by atoms with van der Waals surface area (Å²) in [6.45, 7) is 7.27. The average molecular weight is 230 g/mol. The van der Waals surface area contributed by atoms with E-state index in [-0.39, 0.29) is 0 Å². The van der Waals surface area contributed by atoms with Crippen LogP contribution in [0.4, 0.5) is 0 Å². The van der Waals surface area contributed by atoms with Crippen LogP contribution in [0.1, 0.15) is 43.5 Å². The minimum absolute atomic E-state index is 0.510. The molecule has 0 spiro atoms. The van der Waals surface area contributed by atoms with Gasteiger partial charge < -0.3 is 10.3 Å². The van der Waals surface area contributed by atoms with E-state index in [0.29, 0.717) is 12.5 Å². The van der Waals surface area contributed by atoms with Gasteiger partial charge in [0.05, 0.1) is 0 Å². The predicted molar refractivity (Wildman–Crippen MR) is 74.3 cm³/mol. The number of aryl methyl sites for hydroxylation is 2. The molecule has 0 atom stereocenters. The number of benzene rings is 1. The van der Waals surface area contributed by atoms with Crippen LogP contribution in [0.15, 0.2) is 18.2 Å². The maximum absolute atomic E-state index is 5.95. The quantitative estimate of drug-likeness (QED) is 0.861. The number of nitrogens with zero attached hydrogens (tertiary/aromatic N) is 1. The standard InChI is InChI=1S/C15H22N2/c1-5-11-6-7-14-12(8-11)13(9-16)15(10(2)3)17(14)4/h6-8,10H,5,9,16H2,1-4H3. The molecule has 0 aliphatic rings. The van der Waals surface area contributed by atoms with Crippen LogP contribution in [0, 0.1) is 0 Å². The van der Waals surface area contributed by atoms with Gasteiger partial charge in [0.1, 0.15) is 0 Å². The van der Waals surface area contributed by atoms with Gasteiger partial charge in [0.2, 0.25) is 0 Å². The summed E-state index contributed by atoms with van der Waals surface area (Å²) >= 11 is 0. The molecule has 0 bridgehead atoms. The van der Waals surface area contributed by atoms with Crippen molar-refractivity contribution < 1.29 is 0 Å². The zero-order chi connectivity index (χ0) is 12.6. The summed E-state index contributed by atoms with van der Waals surface area (Å²) in [5.41, 5.74) is 11.3. The fourth-order valence-electron chi connectivity index (χ4n) is 2.76. The zero-order valence-corrected chi connectivity index (χ0v) is 11.2. The minimum Gasteiger partial charge on any atom is -0.347 e. The van der Waals surface area contributed by atoms with Crippen molar-refractivity contribution in [3.05, 3.63) is 35.0 Å². The van der Waals surface area contributed by atoms with Crippen LogP contribution < -0.4 is 5.73 Å². The monoisotopic (exact) mass is 230 g/mol. The van der Waals surface area contributed by atoms with E-state index in [2.05, 4.69) is 50.6 Å². The molecule has 2 heteroatoms.